The van der Waals surface area contributed by atoms with E-state index in [2.05, 4.69) is 9.84 Å². The van der Waals surface area contributed by atoms with Crippen molar-refractivity contribution in [1.29, 1.82) is 0 Å². The monoisotopic (exact) mass is 212 g/mol. The number of nitrogens with zero attached hydrogens (tertiary/aromatic N) is 2. The molecule has 1 aromatic rings. The van der Waals surface area contributed by atoms with Crippen LogP contribution in [0.2, 0.25) is 0 Å². The summed E-state index contributed by atoms with van der Waals surface area (Å²) in [6, 6.07) is 1.49. The fraction of sp³-hybridized carbons (Fsp3) is 0.444. The van der Waals surface area contributed by atoms with Crippen molar-refractivity contribution in [2.24, 2.45) is 5.92 Å². The molecular weight excluding hydrogens is 200 g/mol. The van der Waals surface area contributed by atoms with E-state index in [1.54, 1.807) is 13.1 Å². The maximum absolute atomic E-state index is 11.0. The summed E-state index contributed by atoms with van der Waals surface area (Å²) in [5.74, 6) is -1.97. The van der Waals surface area contributed by atoms with Crippen molar-refractivity contribution in [3.8, 4) is 0 Å². The maximum atomic E-state index is 11.0. The number of aliphatic carboxylic acids is 1. The van der Waals surface area contributed by atoms with E-state index >= 15 is 0 Å². The average molecular weight is 212 g/mol. The highest BCUT2D eigenvalue weighted by atomic mass is 16.5. The van der Waals surface area contributed by atoms with Crippen molar-refractivity contribution in [2.45, 2.75) is 13.5 Å². The number of methoxy groups -OCH3 is 1. The van der Waals surface area contributed by atoms with E-state index in [1.807, 2.05) is 0 Å². The lowest BCUT2D eigenvalue weighted by Gasteiger charge is -2.05. The Hall–Kier alpha value is -1.85. The average Bonchev–Trinajstić information content (AvgIpc) is 2.65. The van der Waals surface area contributed by atoms with E-state index in [1.165, 1.54) is 17.9 Å². The third-order valence-corrected chi connectivity index (χ3v) is 1.92. The van der Waals surface area contributed by atoms with Gasteiger partial charge in [0.2, 0.25) is 0 Å². The maximum Gasteiger partial charge on any atom is 0.358 e. The molecule has 1 unspecified atom stereocenters. The minimum Gasteiger partial charge on any atom is -0.481 e. The van der Waals surface area contributed by atoms with Crippen LogP contribution in [0.5, 0.6) is 0 Å². The number of carbonyl (C=O) groups is 2. The molecule has 0 saturated carbocycles. The summed E-state index contributed by atoms with van der Waals surface area (Å²) in [6.07, 6.45) is 1.55. The second kappa shape index (κ2) is 4.59. The molecule has 1 heterocycles. The van der Waals surface area contributed by atoms with E-state index in [-0.39, 0.29) is 12.2 Å². The summed E-state index contributed by atoms with van der Waals surface area (Å²) >= 11 is 0. The van der Waals surface area contributed by atoms with Crippen molar-refractivity contribution in [3.63, 3.8) is 0 Å². The first-order valence-electron chi connectivity index (χ1n) is 4.39. The number of hydrogen-bond acceptors (Lipinski definition) is 4. The van der Waals surface area contributed by atoms with Crippen molar-refractivity contribution >= 4 is 11.9 Å². The molecule has 1 rings (SSSR count). The van der Waals surface area contributed by atoms with Gasteiger partial charge in [-0.05, 0) is 6.07 Å². The molecule has 1 atom stereocenters. The largest absolute Gasteiger partial charge is 0.481 e. The first-order valence-corrected chi connectivity index (χ1v) is 4.39. The molecule has 0 spiro atoms. The van der Waals surface area contributed by atoms with Crippen LogP contribution < -0.4 is 0 Å². The van der Waals surface area contributed by atoms with Crippen LogP contribution in [0.15, 0.2) is 12.3 Å². The Morgan fingerprint density at radius 3 is 2.87 bits per heavy atom. The van der Waals surface area contributed by atoms with Gasteiger partial charge in [0.25, 0.3) is 0 Å². The number of rotatable bonds is 4. The second-order valence-electron chi connectivity index (χ2n) is 3.15. The topological polar surface area (TPSA) is 81.4 Å². The molecule has 0 aliphatic rings. The third kappa shape index (κ3) is 2.80. The van der Waals surface area contributed by atoms with Gasteiger partial charge < -0.3 is 9.84 Å². The van der Waals surface area contributed by atoms with Gasteiger partial charge in [0.1, 0.15) is 0 Å². The number of carbonyl (C=O) groups excluding carboxylic acids is 1. The van der Waals surface area contributed by atoms with Crippen molar-refractivity contribution in [1.82, 2.24) is 9.78 Å². The SMILES string of the molecule is COC(=O)c1ccn(CC(C)C(=O)O)n1. The molecule has 6 heteroatoms. The summed E-state index contributed by atoms with van der Waals surface area (Å²) in [5.41, 5.74) is 0.176. The minimum absolute atomic E-state index is 0.176. The van der Waals surface area contributed by atoms with Gasteiger partial charge in [-0.3, -0.25) is 9.48 Å². The zero-order valence-electron chi connectivity index (χ0n) is 8.51. The van der Waals surface area contributed by atoms with Crippen LogP contribution in [0, 0.1) is 5.92 Å². The molecule has 0 fully saturated rings. The summed E-state index contributed by atoms with van der Waals surface area (Å²) in [5, 5.41) is 12.6. The summed E-state index contributed by atoms with van der Waals surface area (Å²) < 4.78 is 5.88. The van der Waals surface area contributed by atoms with Gasteiger partial charge in [0.15, 0.2) is 5.69 Å². The molecule has 0 radical (unpaired) electrons. The molecule has 6 nitrogen and oxygen atoms in total. The first kappa shape index (κ1) is 11.2. The molecule has 0 aliphatic heterocycles. The van der Waals surface area contributed by atoms with Crippen LogP contribution in [0.1, 0.15) is 17.4 Å². The van der Waals surface area contributed by atoms with Crippen LogP contribution in [0.25, 0.3) is 0 Å². The number of carboxylic acid groups (broad SMARTS) is 1. The van der Waals surface area contributed by atoms with Gasteiger partial charge in [0, 0.05) is 6.20 Å². The van der Waals surface area contributed by atoms with Crippen LogP contribution in [-0.4, -0.2) is 33.9 Å². The van der Waals surface area contributed by atoms with Crippen LogP contribution in [0.3, 0.4) is 0 Å². The number of carboxylic acids is 1. The van der Waals surface area contributed by atoms with Gasteiger partial charge >= 0.3 is 11.9 Å². The fourth-order valence-electron chi connectivity index (χ4n) is 1.04. The predicted molar refractivity (Wildman–Crippen MR) is 50.4 cm³/mol. The molecule has 0 saturated heterocycles. The van der Waals surface area contributed by atoms with Crippen molar-refractivity contribution in [2.75, 3.05) is 7.11 Å². The minimum atomic E-state index is -0.898. The summed E-state index contributed by atoms with van der Waals surface area (Å²) in [4.78, 5) is 21.6. The quantitative estimate of drug-likeness (QED) is 0.730. The lowest BCUT2D eigenvalue weighted by Crippen LogP contribution is -2.17. The predicted octanol–water partition coefficient (Wildman–Crippen LogP) is 0.390. The molecule has 0 amide bonds. The normalized spacial score (nSPS) is 12.1. The Labute approximate surface area is 86.5 Å². The Morgan fingerprint density at radius 1 is 1.67 bits per heavy atom. The highest BCUT2D eigenvalue weighted by Crippen LogP contribution is 2.03. The zero-order chi connectivity index (χ0) is 11.4. The third-order valence-electron chi connectivity index (χ3n) is 1.92. The zero-order valence-corrected chi connectivity index (χ0v) is 8.51. The van der Waals surface area contributed by atoms with Crippen LogP contribution in [-0.2, 0) is 16.1 Å². The Bertz CT molecular complexity index is 372. The smallest absolute Gasteiger partial charge is 0.358 e. The first-order chi connectivity index (χ1) is 7.04. The van der Waals surface area contributed by atoms with Gasteiger partial charge in [-0.15, -0.1) is 0 Å². The van der Waals surface area contributed by atoms with Gasteiger partial charge in [-0.25, -0.2) is 4.79 Å². The second-order valence-corrected chi connectivity index (χ2v) is 3.15. The molecule has 1 aromatic heterocycles. The standard InChI is InChI=1S/C9H12N2O4/c1-6(8(12)13)5-11-4-3-7(10-11)9(14)15-2/h3-4,6H,5H2,1-2H3,(H,12,13). The molecule has 15 heavy (non-hydrogen) atoms. The molecule has 0 bridgehead atoms. The van der Waals surface area contributed by atoms with E-state index < -0.39 is 17.9 Å². The highest BCUT2D eigenvalue weighted by molar-refractivity contribution is 5.86. The van der Waals surface area contributed by atoms with Gasteiger partial charge in [-0.1, -0.05) is 6.92 Å². The lowest BCUT2D eigenvalue weighted by atomic mass is 10.2. The molecule has 0 aliphatic carbocycles. The van der Waals surface area contributed by atoms with Crippen LogP contribution in [0.4, 0.5) is 0 Å². The van der Waals surface area contributed by atoms with Gasteiger partial charge in [-0.2, -0.15) is 5.10 Å². The Kier molecular flexibility index (Phi) is 3.43. The summed E-state index contributed by atoms with van der Waals surface area (Å²) in [6.45, 7) is 1.80. The van der Waals surface area contributed by atoms with Crippen molar-refractivity contribution < 1.29 is 19.4 Å². The molecular formula is C9H12N2O4. The van der Waals surface area contributed by atoms with E-state index in [0.29, 0.717) is 0 Å². The van der Waals surface area contributed by atoms with Crippen molar-refractivity contribution in [3.05, 3.63) is 18.0 Å². The lowest BCUT2D eigenvalue weighted by molar-refractivity contribution is -0.141. The van der Waals surface area contributed by atoms with E-state index in [9.17, 15) is 9.59 Å². The highest BCUT2D eigenvalue weighted by Gasteiger charge is 2.14. The van der Waals surface area contributed by atoms with Gasteiger partial charge in [0.05, 0.1) is 19.6 Å². The van der Waals surface area contributed by atoms with Crippen LogP contribution >= 0.6 is 0 Å². The molecule has 0 aromatic carbocycles. The Morgan fingerprint density at radius 2 is 2.33 bits per heavy atom. The number of aromatic nitrogens is 2. The number of ether oxygens (including phenoxy) is 1. The Balaban J connectivity index is 2.68. The fourth-order valence-corrected chi connectivity index (χ4v) is 1.04. The van der Waals surface area contributed by atoms with E-state index in [0.717, 1.165) is 0 Å². The molecule has 1 N–H and O–H groups in total. The van der Waals surface area contributed by atoms with E-state index in [4.69, 9.17) is 5.11 Å². The molecule has 82 valence electrons. The summed E-state index contributed by atoms with van der Waals surface area (Å²) in [7, 11) is 1.27. The number of esters is 1. The number of hydrogen-bond donors (Lipinski definition) is 1.